The largest absolute Gasteiger partial charge is 0.267 e. The molecule has 0 heterocycles. The summed E-state index contributed by atoms with van der Waals surface area (Å²) in [6.45, 7) is 13.5. The number of halogens is 3. The van der Waals surface area contributed by atoms with E-state index in [1.54, 1.807) is 5.20 Å². The molecule has 0 radical (unpaired) electrons. The van der Waals surface area contributed by atoms with Crippen molar-refractivity contribution >= 4 is 60.9 Å². The van der Waals surface area contributed by atoms with Gasteiger partial charge in [0, 0.05) is 21.7 Å². The average molecular weight is 565 g/mol. The molecule has 0 saturated carbocycles. The van der Waals surface area contributed by atoms with Crippen molar-refractivity contribution in [2.45, 2.75) is 41.5 Å². The van der Waals surface area contributed by atoms with Crippen LogP contribution in [0.5, 0.6) is 0 Å². The van der Waals surface area contributed by atoms with Crippen LogP contribution in [0, 0.1) is 32.8 Å². The van der Waals surface area contributed by atoms with Gasteiger partial charge in [0.2, 0.25) is 0 Å². The first kappa shape index (κ1) is 32.9. The zero-order valence-electron chi connectivity index (χ0n) is 20.7. The molecule has 0 spiro atoms. The van der Waals surface area contributed by atoms with Gasteiger partial charge in [0.15, 0.2) is 8.07 Å². The van der Waals surface area contributed by atoms with Crippen molar-refractivity contribution in [3.8, 4) is 0 Å². The maximum Gasteiger partial charge on any atom is 0.157 e. The Morgan fingerprint density at radius 3 is 1.24 bits per heavy atom. The van der Waals surface area contributed by atoms with Gasteiger partial charge in [-0.3, -0.25) is 6.08 Å². The fourth-order valence-corrected chi connectivity index (χ4v) is 11.0. The van der Waals surface area contributed by atoms with Crippen LogP contribution in [0.3, 0.4) is 0 Å². The SMILES string of the molecule is CC1=[C-]C(C)C([Si](c2cccc(C)c2)(c2cccc(C)c2)c2cccc(C)c2)=C1C.Cl.Cl.Cl.[Ti]. The fourth-order valence-electron chi connectivity index (χ4n) is 5.24. The first-order valence-electron chi connectivity index (χ1n) is 10.9. The van der Waals surface area contributed by atoms with Crippen molar-refractivity contribution in [1.29, 1.82) is 0 Å². The minimum Gasteiger partial charge on any atom is -0.267 e. The van der Waals surface area contributed by atoms with Crippen LogP contribution in [0.15, 0.2) is 89.1 Å². The molecule has 1 aliphatic carbocycles. The fraction of sp³-hybridized carbons (Fsp3) is 0.241. The second-order valence-corrected chi connectivity index (χ2v) is 12.7. The zero-order chi connectivity index (χ0) is 21.5. The molecule has 180 valence electrons. The normalized spacial score (nSPS) is 14.8. The average Bonchev–Trinajstić information content (AvgIpc) is 2.96. The van der Waals surface area contributed by atoms with Gasteiger partial charge in [0.05, 0.1) is 0 Å². The van der Waals surface area contributed by atoms with Crippen LogP contribution < -0.4 is 15.6 Å². The molecule has 3 aromatic carbocycles. The smallest absolute Gasteiger partial charge is 0.157 e. The Bertz CT molecular complexity index is 1070. The predicted molar refractivity (Wildman–Crippen MR) is 154 cm³/mol. The first-order valence-corrected chi connectivity index (χ1v) is 12.9. The van der Waals surface area contributed by atoms with Crippen LogP contribution in [0.2, 0.25) is 0 Å². The van der Waals surface area contributed by atoms with Gasteiger partial charge in [-0.05, 0) is 36.3 Å². The van der Waals surface area contributed by atoms with Crippen molar-refractivity contribution in [3.63, 3.8) is 0 Å². The van der Waals surface area contributed by atoms with Crippen LogP contribution in [0.4, 0.5) is 0 Å². The van der Waals surface area contributed by atoms with Crippen molar-refractivity contribution in [1.82, 2.24) is 0 Å². The number of hydrogen-bond donors (Lipinski definition) is 0. The van der Waals surface area contributed by atoms with Crippen molar-refractivity contribution in [2.75, 3.05) is 0 Å². The summed E-state index contributed by atoms with van der Waals surface area (Å²) in [7, 11) is -2.46. The van der Waals surface area contributed by atoms with Crippen molar-refractivity contribution < 1.29 is 21.7 Å². The summed E-state index contributed by atoms with van der Waals surface area (Å²) < 4.78 is 0. The van der Waals surface area contributed by atoms with Crippen molar-refractivity contribution in [3.05, 3.63) is 112 Å². The van der Waals surface area contributed by atoms with Gasteiger partial charge < -0.3 is 0 Å². The summed E-state index contributed by atoms with van der Waals surface area (Å²) in [5, 5.41) is 5.99. The predicted octanol–water partition coefficient (Wildman–Crippen LogP) is 6.60. The Kier molecular flexibility index (Phi) is 12.9. The van der Waals surface area contributed by atoms with E-state index in [0.29, 0.717) is 5.92 Å². The molecule has 1 atom stereocenters. The van der Waals surface area contributed by atoms with Gasteiger partial charge in [0.25, 0.3) is 0 Å². The second kappa shape index (κ2) is 13.3. The molecule has 3 aromatic rings. The first-order chi connectivity index (χ1) is 14.3. The number of aryl methyl sites for hydroxylation is 3. The molecular formula is C29H34Cl3SiTi-. The molecule has 0 N–H and O–H groups in total. The Balaban J connectivity index is 0.00000272. The van der Waals surface area contributed by atoms with Gasteiger partial charge in [-0.2, -0.15) is 5.20 Å². The van der Waals surface area contributed by atoms with Crippen LogP contribution in [-0.2, 0) is 21.7 Å². The summed E-state index contributed by atoms with van der Waals surface area (Å²) in [6.07, 6.45) is 3.75. The summed E-state index contributed by atoms with van der Waals surface area (Å²) in [6, 6.07) is 27.7. The van der Waals surface area contributed by atoms with E-state index in [9.17, 15) is 0 Å². The van der Waals surface area contributed by atoms with E-state index >= 15 is 0 Å². The minimum atomic E-state index is -2.46. The van der Waals surface area contributed by atoms with Gasteiger partial charge in [-0.25, -0.2) is 11.1 Å². The van der Waals surface area contributed by atoms with Crippen LogP contribution in [-0.4, -0.2) is 8.07 Å². The molecule has 0 nitrogen and oxygen atoms in total. The molecule has 0 aromatic heterocycles. The summed E-state index contributed by atoms with van der Waals surface area (Å²) in [5.41, 5.74) is 6.70. The van der Waals surface area contributed by atoms with E-state index in [1.807, 2.05) is 0 Å². The minimum absolute atomic E-state index is 0. The molecule has 4 rings (SSSR count). The van der Waals surface area contributed by atoms with E-state index in [1.165, 1.54) is 43.4 Å². The Hall–Kier alpha value is -1.06. The Morgan fingerprint density at radius 2 is 0.971 bits per heavy atom. The second-order valence-electron chi connectivity index (χ2n) is 8.89. The molecular weight excluding hydrogens is 531 g/mol. The number of allylic oxidation sites excluding steroid dienone is 4. The Labute approximate surface area is 240 Å². The standard InChI is InChI=1S/C29H31Si.3ClH.Ti/c1-20-10-7-13-26(16-20)30(27-14-8-11-21(2)17-27,28-15-9-12-22(3)18-28)29-24(5)19-23(4)25(29)6;;;;/h7-18,24H,1-6H3;3*1H;/q-1;;;;. The molecule has 5 heteroatoms. The molecule has 0 saturated heterocycles. The third-order valence-corrected chi connectivity index (χ3v) is 11.7. The maximum atomic E-state index is 3.75. The van der Waals surface area contributed by atoms with Crippen LogP contribution >= 0.6 is 37.2 Å². The van der Waals surface area contributed by atoms with E-state index < -0.39 is 8.07 Å². The van der Waals surface area contributed by atoms with Crippen molar-refractivity contribution in [2.24, 2.45) is 5.92 Å². The molecule has 1 unspecified atom stereocenters. The van der Waals surface area contributed by atoms with Gasteiger partial charge in [-0.1, -0.05) is 109 Å². The zero-order valence-corrected chi connectivity index (χ0v) is 25.7. The summed E-state index contributed by atoms with van der Waals surface area (Å²) in [5.74, 6) is 0.318. The van der Waals surface area contributed by atoms with Gasteiger partial charge in [-0.15, -0.1) is 44.1 Å². The van der Waals surface area contributed by atoms with Crippen LogP contribution in [0.1, 0.15) is 37.5 Å². The quantitative estimate of drug-likeness (QED) is 0.190. The molecule has 34 heavy (non-hydrogen) atoms. The van der Waals surface area contributed by atoms with Gasteiger partial charge in [0.1, 0.15) is 0 Å². The van der Waals surface area contributed by atoms with E-state index in [2.05, 4.69) is 120 Å². The summed E-state index contributed by atoms with van der Waals surface area (Å²) >= 11 is 0. The molecule has 0 bridgehead atoms. The number of hydrogen-bond acceptors (Lipinski definition) is 0. The molecule has 0 amide bonds. The Morgan fingerprint density at radius 1 is 0.618 bits per heavy atom. The van der Waals surface area contributed by atoms with E-state index in [0.717, 1.165) is 0 Å². The topological polar surface area (TPSA) is 0 Å². The van der Waals surface area contributed by atoms with E-state index in [-0.39, 0.29) is 58.9 Å². The number of rotatable bonds is 4. The molecule has 0 fully saturated rings. The molecule has 1 aliphatic rings. The van der Waals surface area contributed by atoms with E-state index in [4.69, 9.17) is 0 Å². The summed E-state index contributed by atoms with van der Waals surface area (Å²) in [4.78, 5) is 0. The third-order valence-electron chi connectivity index (χ3n) is 6.59. The van der Waals surface area contributed by atoms with Crippen LogP contribution in [0.25, 0.3) is 0 Å². The van der Waals surface area contributed by atoms with Gasteiger partial charge >= 0.3 is 0 Å². The number of benzene rings is 3. The maximum absolute atomic E-state index is 3.75. The monoisotopic (exact) mass is 563 g/mol. The molecule has 0 aliphatic heterocycles. The third kappa shape index (κ3) is 5.84.